The van der Waals surface area contributed by atoms with E-state index < -0.39 is 5.97 Å². The fourth-order valence-corrected chi connectivity index (χ4v) is 3.38. The molecule has 35 heavy (non-hydrogen) atoms. The molecule has 0 aliphatic carbocycles. The van der Waals surface area contributed by atoms with E-state index in [0.29, 0.717) is 46.8 Å². The highest BCUT2D eigenvalue weighted by atomic mass is 35.5. The van der Waals surface area contributed by atoms with E-state index in [-0.39, 0.29) is 11.8 Å². The summed E-state index contributed by atoms with van der Waals surface area (Å²) in [4.78, 5) is 36.2. The lowest BCUT2D eigenvalue weighted by atomic mass is 10.1. The highest BCUT2D eigenvalue weighted by Crippen LogP contribution is 2.15. The summed E-state index contributed by atoms with van der Waals surface area (Å²) in [6.45, 7) is 0.509. The molecular weight excluding hydrogens is 466 g/mol. The molecule has 0 atom stereocenters. The lowest BCUT2D eigenvalue weighted by molar-refractivity contribution is -0.121. The fourth-order valence-electron chi connectivity index (χ4n) is 3.16. The lowest BCUT2D eigenvalue weighted by Crippen LogP contribution is -2.24. The zero-order valence-corrected chi connectivity index (χ0v) is 19.8. The van der Waals surface area contributed by atoms with Crippen molar-refractivity contribution in [2.24, 2.45) is 5.10 Å². The van der Waals surface area contributed by atoms with Gasteiger partial charge in [-0.15, -0.1) is 0 Å². The number of hydrazone groups is 1. The van der Waals surface area contributed by atoms with Gasteiger partial charge in [-0.05, 0) is 54.8 Å². The van der Waals surface area contributed by atoms with Crippen LogP contribution in [0.4, 0.5) is 0 Å². The van der Waals surface area contributed by atoms with Crippen molar-refractivity contribution in [3.8, 4) is 5.75 Å². The van der Waals surface area contributed by atoms with Crippen molar-refractivity contribution in [2.75, 3.05) is 6.54 Å². The Kier molecular flexibility index (Phi) is 10.0. The van der Waals surface area contributed by atoms with Crippen LogP contribution in [-0.4, -0.2) is 30.5 Å². The van der Waals surface area contributed by atoms with Crippen molar-refractivity contribution in [3.05, 3.63) is 101 Å². The molecule has 0 aliphatic heterocycles. The summed E-state index contributed by atoms with van der Waals surface area (Å²) in [7, 11) is 0. The molecule has 2 amide bonds. The molecule has 8 heteroatoms. The highest BCUT2D eigenvalue weighted by Gasteiger charge is 2.09. The first-order valence-electron chi connectivity index (χ1n) is 11.2. The van der Waals surface area contributed by atoms with E-state index in [0.717, 1.165) is 12.8 Å². The highest BCUT2D eigenvalue weighted by molar-refractivity contribution is 6.33. The molecule has 0 spiro atoms. The van der Waals surface area contributed by atoms with Gasteiger partial charge in [-0.3, -0.25) is 9.59 Å². The minimum Gasteiger partial charge on any atom is -0.423 e. The van der Waals surface area contributed by atoms with Gasteiger partial charge in [0.2, 0.25) is 5.91 Å². The quantitative estimate of drug-likeness (QED) is 0.130. The first-order chi connectivity index (χ1) is 17.0. The molecule has 3 aromatic carbocycles. The van der Waals surface area contributed by atoms with Crippen LogP contribution in [0, 0.1) is 0 Å². The van der Waals surface area contributed by atoms with E-state index in [2.05, 4.69) is 15.8 Å². The first-order valence-corrected chi connectivity index (χ1v) is 11.6. The maximum atomic E-state index is 12.2. The largest absolute Gasteiger partial charge is 0.423 e. The molecule has 0 radical (unpaired) electrons. The Bertz CT molecular complexity index is 1180. The second-order valence-electron chi connectivity index (χ2n) is 7.67. The number of carbonyl (C=O) groups is 3. The van der Waals surface area contributed by atoms with E-state index >= 15 is 0 Å². The van der Waals surface area contributed by atoms with Crippen molar-refractivity contribution in [1.29, 1.82) is 0 Å². The van der Waals surface area contributed by atoms with Crippen molar-refractivity contribution in [1.82, 2.24) is 10.7 Å². The molecule has 3 rings (SSSR count). The number of nitrogens with one attached hydrogen (secondary N) is 2. The molecule has 2 N–H and O–H groups in total. The van der Waals surface area contributed by atoms with Gasteiger partial charge >= 0.3 is 5.97 Å². The third-order valence-corrected chi connectivity index (χ3v) is 5.30. The average molecular weight is 492 g/mol. The second-order valence-corrected chi connectivity index (χ2v) is 8.07. The molecule has 0 aromatic heterocycles. The minimum absolute atomic E-state index is 0.201. The molecule has 0 bridgehead atoms. The van der Waals surface area contributed by atoms with Crippen molar-refractivity contribution < 1.29 is 19.1 Å². The lowest BCUT2D eigenvalue weighted by Gasteiger charge is -2.06. The van der Waals surface area contributed by atoms with Gasteiger partial charge in [0.05, 0.1) is 22.4 Å². The minimum atomic E-state index is -0.448. The molecule has 180 valence electrons. The Morgan fingerprint density at radius 2 is 1.66 bits per heavy atom. The van der Waals surface area contributed by atoms with Gasteiger partial charge in [-0.25, -0.2) is 10.2 Å². The fraction of sp³-hybridized carbons (Fsp3) is 0.185. The summed E-state index contributed by atoms with van der Waals surface area (Å²) in [6, 6.07) is 22.5. The molecule has 0 heterocycles. The Balaban J connectivity index is 1.32. The van der Waals surface area contributed by atoms with Crippen molar-refractivity contribution >= 4 is 35.6 Å². The molecule has 0 aliphatic rings. The third kappa shape index (κ3) is 8.72. The summed E-state index contributed by atoms with van der Waals surface area (Å²) >= 11 is 6.01. The summed E-state index contributed by atoms with van der Waals surface area (Å²) in [5.41, 5.74) is 4.08. The smallest absolute Gasteiger partial charge is 0.343 e. The van der Waals surface area contributed by atoms with Crippen LogP contribution in [0.5, 0.6) is 5.75 Å². The number of esters is 1. The van der Waals surface area contributed by atoms with Gasteiger partial charge in [0, 0.05) is 13.0 Å². The Labute approximate surface area is 209 Å². The maximum absolute atomic E-state index is 12.2. The number of benzene rings is 3. The predicted molar refractivity (Wildman–Crippen MR) is 136 cm³/mol. The van der Waals surface area contributed by atoms with Crippen LogP contribution in [0.15, 0.2) is 84.0 Å². The number of hydrogen-bond acceptors (Lipinski definition) is 5. The number of nitrogens with zero attached hydrogens (tertiary/aromatic N) is 1. The van der Waals surface area contributed by atoms with Crippen molar-refractivity contribution in [2.45, 2.75) is 25.7 Å². The van der Waals surface area contributed by atoms with Gasteiger partial charge < -0.3 is 10.1 Å². The molecular formula is C27H26ClN3O4. The summed E-state index contributed by atoms with van der Waals surface area (Å²) in [6.07, 6.45) is 4.02. The van der Waals surface area contributed by atoms with Crippen LogP contribution < -0.4 is 15.5 Å². The van der Waals surface area contributed by atoms with Crippen LogP contribution in [0.2, 0.25) is 5.02 Å². The van der Waals surface area contributed by atoms with Gasteiger partial charge in [-0.1, -0.05) is 60.5 Å². The standard InChI is InChI=1S/C27H26ClN3O4/c28-24-15-7-6-14-23(24)26(33)29-17-8-2-5-16-25(32)31-30-19-20-10-9-13-22(18-20)35-27(34)21-11-3-1-4-12-21/h1,3-4,6-7,9-15,18-19H,2,5,8,16-17H2,(H,29,33)(H,31,32). The van der Waals surface area contributed by atoms with E-state index in [1.54, 1.807) is 72.8 Å². The zero-order valence-electron chi connectivity index (χ0n) is 19.1. The number of hydrogen-bond donors (Lipinski definition) is 2. The van der Waals surface area contributed by atoms with E-state index in [1.165, 1.54) is 6.21 Å². The van der Waals surface area contributed by atoms with Gasteiger partial charge in [0.1, 0.15) is 5.75 Å². The van der Waals surface area contributed by atoms with Gasteiger partial charge in [0.25, 0.3) is 5.91 Å². The SMILES string of the molecule is O=C(CCCCCNC(=O)c1ccccc1Cl)NN=Cc1cccc(OC(=O)c2ccccc2)c1. The predicted octanol–water partition coefficient (Wildman–Crippen LogP) is 5.00. The zero-order chi connectivity index (χ0) is 24.9. The number of rotatable bonds is 11. The number of amides is 2. The molecule has 7 nitrogen and oxygen atoms in total. The normalized spacial score (nSPS) is 10.7. The summed E-state index contributed by atoms with van der Waals surface area (Å²) in [5, 5.41) is 7.21. The average Bonchev–Trinajstić information content (AvgIpc) is 2.87. The Morgan fingerprint density at radius 1 is 0.886 bits per heavy atom. The number of ether oxygens (including phenoxy) is 1. The van der Waals surface area contributed by atoms with Gasteiger partial charge in [-0.2, -0.15) is 5.10 Å². The van der Waals surface area contributed by atoms with E-state index in [4.69, 9.17) is 16.3 Å². The monoisotopic (exact) mass is 491 g/mol. The number of carbonyl (C=O) groups excluding carboxylic acids is 3. The van der Waals surface area contributed by atoms with Crippen LogP contribution in [-0.2, 0) is 4.79 Å². The number of unbranched alkanes of at least 4 members (excludes halogenated alkanes) is 2. The first kappa shape index (κ1) is 25.6. The summed E-state index contributed by atoms with van der Waals surface area (Å²) in [5.74, 6) is -0.471. The van der Waals surface area contributed by atoms with E-state index in [1.807, 2.05) is 6.07 Å². The van der Waals surface area contributed by atoms with E-state index in [9.17, 15) is 14.4 Å². The van der Waals surface area contributed by atoms with Crippen LogP contribution >= 0.6 is 11.6 Å². The van der Waals surface area contributed by atoms with Crippen molar-refractivity contribution in [3.63, 3.8) is 0 Å². The van der Waals surface area contributed by atoms with Gasteiger partial charge in [0.15, 0.2) is 0 Å². The van der Waals surface area contributed by atoms with Crippen LogP contribution in [0.1, 0.15) is 52.0 Å². The molecule has 0 fully saturated rings. The Hall–Kier alpha value is -3.97. The third-order valence-electron chi connectivity index (χ3n) is 4.97. The topological polar surface area (TPSA) is 96.9 Å². The molecule has 0 unspecified atom stereocenters. The molecule has 0 saturated heterocycles. The Morgan fingerprint density at radius 3 is 2.46 bits per heavy atom. The summed E-state index contributed by atoms with van der Waals surface area (Å²) < 4.78 is 5.38. The number of halogens is 1. The molecule has 3 aromatic rings. The maximum Gasteiger partial charge on any atom is 0.343 e. The van der Waals surface area contributed by atoms with Crippen LogP contribution in [0.3, 0.4) is 0 Å². The molecule has 0 saturated carbocycles. The van der Waals surface area contributed by atoms with Crippen LogP contribution in [0.25, 0.3) is 0 Å². The second kappa shape index (κ2) is 13.7.